The van der Waals surface area contributed by atoms with Gasteiger partial charge in [-0.05, 0) is 47.2 Å². The molecule has 6 rings (SSSR count). The van der Waals surface area contributed by atoms with Gasteiger partial charge in [0.25, 0.3) is 0 Å². The molecule has 0 unspecified atom stereocenters. The minimum atomic E-state index is 0.876. The summed E-state index contributed by atoms with van der Waals surface area (Å²) in [7, 11) is 0. The number of hydrogen-bond acceptors (Lipinski definition) is 2. The third-order valence-electron chi connectivity index (χ3n) is 5.50. The lowest BCUT2D eigenvalue weighted by Gasteiger charge is -2.09. The number of aromatic nitrogens is 3. The largest absolute Gasteiger partial charge is 0.308 e. The molecule has 136 valence electrons. The molecule has 3 heterocycles. The van der Waals surface area contributed by atoms with Crippen LogP contribution in [0.4, 0.5) is 0 Å². The number of pyridine rings is 2. The van der Waals surface area contributed by atoms with Crippen molar-refractivity contribution in [3.8, 4) is 17.1 Å². The summed E-state index contributed by atoms with van der Waals surface area (Å²) in [5, 5.41) is 5.07. The highest BCUT2D eigenvalue weighted by atomic mass is 15.0. The van der Waals surface area contributed by atoms with Crippen molar-refractivity contribution in [2.24, 2.45) is 0 Å². The summed E-state index contributed by atoms with van der Waals surface area (Å²) in [4.78, 5) is 9.10. The average Bonchev–Trinajstić information content (AvgIpc) is 3.15. The molecule has 0 aliphatic heterocycles. The fraction of sp³-hybridized carbons (Fsp3) is 0. The number of para-hydroxylation sites is 1. The fourth-order valence-corrected chi connectivity index (χ4v) is 4.20. The molecule has 3 heteroatoms. The van der Waals surface area contributed by atoms with Gasteiger partial charge in [0.1, 0.15) is 0 Å². The van der Waals surface area contributed by atoms with E-state index in [0.29, 0.717) is 0 Å². The SMILES string of the molecule is c1ccc(-c2ccc(-n3c4ccccc4c4c5ccccc5ccc43)cn2)nc1. The van der Waals surface area contributed by atoms with E-state index in [-0.39, 0.29) is 0 Å². The molecular weight excluding hydrogens is 354 g/mol. The quantitative estimate of drug-likeness (QED) is 0.353. The molecule has 0 amide bonds. The van der Waals surface area contributed by atoms with Crippen molar-refractivity contribution in [1.82, 2.24) is 14.5 Å². The van der Waals surface area contributed by atoms with Crippen LogP contribution in [0, 0.1) is 0 Å². The lowest BCUT2D eigenvalue weighted by atomic mass is 10.0. The normalized spacial score (nSPS) is 11.4. The van der Waals surface area contributed by atoms with E-state index in [2.05, 4.69) is 76.3 Å². The van der Waals surface area contributed by atoms with Gasteiger partial charge in [-0.3, -0.25) is 9.97 Å². The van der Waals surface area contributed by atoms with E-state index in [1.54, 1.807) is 6.20 Å². The summed E-state index contributed by atoms with van der Waals surface area (Å²) in [6, 6.07) is 31.6. The van der Waals surface area contributed by atoms with Gasteiger partial charge in [-0.25, -0.2) is 0 Å². The highest BCUT2D eigenvalue weighted by Gasteiger charge is 2.14. The maximum absolute atomic E-state index is 4.70. The van der Waals surface area contributed by atoms with Crippen LogP contribution < -0.4 is 0 Å². The van der Waals surface area contributed by atoms with E-state index in [0.717, 1.165) is 17.1 Å². The van der Waals surface area contributed by atoms with Gasteiger partial charge in [0.15, 0.2) is 0 Å². The molecule has 0 saturated heterocycles. The second-order valence-corrected chi connectivity index (χ2v) is 7.15. The molecule has 0 spiro atoms. The van der Waals surface area contributed by atoms with E-state index in [9.17, 15) is 0 Å². The van der Waals surface area contributed by atoms with Crippen LogP contribution in [0.3, 0.4) is 0 Å². The zero-order valence-electron chi connectivity index (χ0n) is 15.7. The second-order valence-electron chi connectivity index (χ2n) is 7.15. The first kappa shape index (κ1) is 16.0. The minimum absolute atomic E-state index is 0.876. The summed E-state index contributed by atoms with van der Waals surface area (Å²) in [5.41, 5.74) is 5.18. The Morgan fingerprint density at radius 3 is 2.17 bits per heavy atom. The first-order valence-corrected chi connectivity index (χ1v) is 9.69. The molecule has 3 nitrogen and oxygen atoms in total. The molecule has 0 fully saturated rings. The predicted molar refractivity (Wildman–Crippen MR) is 119 cm³/mol. The van der Waals surface area contributed by atoms with Crippen molar-refractivity contribution in [3.05, 3.63) is 103 Å². The van der Waals surface area contributed by atoms with Crippen LogP contribution in [0.5, 0.6) is 0 Å². The monoisotopic (exact) mass is 371 g/mol. The van der Waals surface area contributed by atoms with Crippen molar-refractivity contribution >= 4 is 32.6 Å². The number of nitrogens with zero attached hydrogens (tertiary/aromatic N) is 3. The number of rotatable bonds is 2. The average molecular weight is 371 g/mol. The first-order valence-electron chi connectivity index (χ1n) is 9.69. The molecule has 0 aliphatic carbocycles. The molecule has 29 heavy (non-hydrogen) atoms. The molecule has 0 saturated carbocycles. The Balaban J connectivity index is 1.64. The summed E-state index contributed by atoms with van der Waals surface area (Å²) in [5.74, 6) is 0. The third kappa shape index (κ3) is 2.44. The highest BCUT2D eigenvalue weighted by Crippen LogP contribution is 2.36. The molecule has 3 aromatic carbocycles. The first-order chi connectivity index (χ1) is 14.4. The van der Waals surface area contributed by atoms with Crippen molar-refractivity contribution < 1.29 is 0 Å². The summed E-state index contributed by atoms with van der Waals surface area (Å²) >= 11 is 0. The Kier molecular flexibility index (Phi) is 3.47. The molecule has 0 aliphatic rings. The lowest BCUT2D eigenvalue weighted by Crippen LogP contribution is -1.96. The van der Waals surface area contributed by atoms with Gasteiger partial charge < -0.3 is 4.57 Å². The van der Waals surface area contributed by atoms with Gasteiger partial charge >= 0.3 is 0 Å². The summed E-state index contributed by atoms with van der Waals surface area (Å²) < 4.78 is 2.30. The Morgan fingerprint density at radius 1 is 0.552 bits per heavy atom. The Hall–Kier alpha value is -3.98. The molecule has 0 atom stereocenters. The van der Waals surface area contributed by atoms with Gasteiger partial charge in [-0.2, -0.15) is 0 Å². The van der Waals surface area contributed by atoms with Crippen LogP contribution in [0.25, 0.3) is 49.7 Å². The van der Waals surface area contributed by atoms with E-state index in [1.807, 2.05) is 30.5 Å². The molecular formula is C26H17N3. The van der Waals surface area contributed by atoms with Crippen molar-refractivity contribution in [2.75, 3.05) is 0 Å². The van der Waals surface area contributed by atoms with Crippen LogP contribution in [0.1, 0.15) is 0 Å². The van der Waals surface area contributed by atoms with Gasteiger partial charge in [0, 0.05) is 17.0 Å². The molecule has 6 aromatic rings. The van der Waals surface area contributed by atoms with Crippen LogP contribution in [0.15, 0.2) is 103 Å². The van der Waals surface area contributed by atoms with Gasteiger partial charge in [0.05, 0.1) is 34.3 Å². The van der Waals surface area contributed by atoms with Crippen molar-refractivity contribution in [3.63, 3.8) is 0 Å². The molecule has 0 N–H and O–H groups in total. The maximum Gasteiger partial charge on any atom is 0.0887 e. The molecule has 0 bridgehead atoms. The minimum Gasteiger partial charge on any atom is -0.308 e. The van der Waals surface area contributed by atoms with Gasteiger partial charge in [-0.1, -0.05) is 54.6 Å². The Morgan fingerprint density at radius 2 is 1.34 bits per heavy atom. The standard InChI is InChI=1S/C26H17N3/c1-2-8-20-18(7-1)12-15-25-26(20)21-9-3-4-11-24(21)29(25)19-13-14-23(28-17-19)22-10-5-6-16-27-22/h1-17H. The van der Waals surface area contributed by atoms with Crippen LogP contribution >= 0.6 is 0 Å². The van der Waals surface area contributed by atoms with E-state index in [1.165, 1.54) is 32.6 Å². The second kappa shape index (κ2) is 6.28. The predicted octanol–water partition coefficient (Wildman–Crippen LogP) is 6.39. The number of benzene rings is 3. The lowest BCUT2D eigenvalue weighted by molar-refractivity contribution is 1.14. The smallest absolute Gasteiger partial charge is 0.0887 e. The number of fused-ring (bicyclic) bond motifs is 5. The fourth-order valence-electron chi connectivity index (χ4n) is 4.20. The van der Waals surface area contributed by atoms with Gasteiger partial charge in [-0.15, -0.1) is 0 Å². The maximum atomic E-state index is 4.70. The Labute approximate surface area is 167 Å². The summed E-state index contributed by atoms with van der Waals surface area (Å²) in [6.07, 6.45) is 3.73. The van der Waals surface area contributed by atoms with E-state index < -0.39 is 0 Å². The van der Waals surface area contributed by atoms with Crippen LogP contribution in [0.2, 0.25) is 0 Å². The van der Waals surface area contributed by atoms with Crippen molar-refractivity contribution in [1.29, 1.82) is 0 Å². The Bertz CT molecular complexity index is 1480. The third-order valence-corrected chi connectivity index (χ3v) is 5.50. The zero-order valence-corrected chi connectivity index (χ0v) is 15.7. The molecule has 0 radical (unpaired) electrons. The zero-order chi connectivity index (χ0) is 19.2. The van der Waals surface area contributed by atoms with Crippen LogP contribution in [-0.4, -0.2) is 14.5 Å². The van der Waals surface area contributed by atoms with E-state index >= 15 is 0 Å². The number of hydrogen-bond donors (Lipinski definition) is 0. The van der Waals surface area contributed by atoms with Crippen LogP contribution in [-0.2, 0) is 0 Å². The topological polar surface area (TPSA) is 30.7 Å². The highest BCUT2D eigenvalue weighted by molar-refractivity contribution is 6.21. The van der Waals surface area contributed by atoms with E-state index in [4.69, 9.17) is 4.98 Å². The summed E-state index contributed by atoms with van der Waals surface area (Å²) in [6.45, 7) is 0. The molecule has 3 aromatic heterocycles. The van der Waals surface area contributed by atoms with Crippen molar-refractivity contribution in [2.45, 2.75) is 0 Å². The van der Waals surface area contributed by atoms with Gasteiger partial charge in [0.2, 0.25) is 0 Å².